The number of carbonyl (C=O) groups excluding carboxylic acids is 1. The number of rotatable bonds is 10. The van der Waals surface area contributed by atoms with Gasteiger partial charge in [-0.1, -0.05) is 35.9 Å². The van der Waals surface area contributed by atoms with E-state index in [0.717, 1.165) is 34.4 Å². The quantitative estimate of drug-likeness (QED) is 0.231. The van der Waals surface area contributed by atoms with E-state index in [-0.39, 0.29) is 17.9 Å². The van der Waals surface area contributed by atoms with E-state index >= 15 is 0 Å². The summed E-state index contributed by atoms with van der Waals surface area (Å²) >= 11 is 6.34. The van der Waals surface area contributed by atoms with Gasteiger partial charge in [-0.05, 0) is 35.9 Å². The minimum Gasteiger partial charge on any atom is -0.448 e. The number of fused-ring (bicyclic) bond motifs is 1. The lowest BCUT2D eigenvalue weighted by atomic mass is 10.1. The van der Waals surface area contributed by atoms with Gasteiger partial charge in [0, 0.05) is 42.7 Å². The molecule has 3 heterocycles. The average Bonchev–Trinajstić information content (AvgIpc) is 3.54. The summed E-state index contributed by atoms with van der Waals surface area (Å²) in [7, 11) is 0. The number of aromatic amines is 1. The fourth-order valence-electron chi connectivity index (χ4n) is 3.90. The topological polar surface area (TPSA) is 109 Å². The van der Waals surface area contributed by atoms with Crippen LogP contribution in [0.4, 0.5) is 4.39 Å². The van der Waals surface area contributed by atoms with Crippen molar-refractivity contribution in [2.75, 3.05) is 13.1 Å². The molecule has 0 saturated carbocycles. The molecule has 5 aromatic rings. The summed E-state index contributed by atoms with van der Waals surface area (Å²) in [4.78, 5) is 28.4. The first-order chi connectivity index (χ1) is 18.1. The van der Waals surface area contributed by atoms with E-state index in [4.69, 9.17) is 16.0 Å². The van der Waals surface area contributed by atoms with Crippen molar-refractivity contribution < 1.29 is 13.6 Å². The lowest BCUT2D eigenvalue weighted by Crippen LogP contribution is -2.24. The number of hydrogen-bond donors (Lipinski definition) is 3. The summed E-state index contributed by atoms with van der Waals surface area (Å²) in [5.74, 6) is 0.408. The van der Waals surface area contributed by atoms with Gasteiger partial charge in [0.05, 0.1) is 23.3 Å². The van der Waals surface area contributed by atoms with Crippen LogP contribution in [0.2, 0.25) is 5.02 Å². The highest BCUT2D eigenvalue weighted by Gasteiger charge is 2.13. The molecule has 188 valence electrons. The third-order valence-electron chi connectivity index (χ3n) is 5.81. The maximum atomic E-state index is 13.6. The van der Waals surface area contributed by atoms with Crippen LogP contribution in [0.1, 0.15) is 27.9 Å². The zero-order valence-electron chi connectivity index (χ0n) is 19.8. The maximum absolute atomic E-state index is 13.6. The Bertz CT molecular complexity index is 1530. The standard InChI is InChI=1S/C27H24ClFN6O2/c28-19-5-2-1-4-18(19)17-7-8-21-22(14-17)34-25(33-21)9-12-30-13-10-26-35-24(16-37-26)27(36)32-15-23-20(29)6-3-11-31-23/h1-8,11,14,16,30H,9-10,12-13,15H2,(H,32,36)(H,33,34). The van der Waals surface area contributed by atoms with Crippen LogP contribution in [0.3, 0.4) is 0 Å². The molecule has 0 bridgehead atoms. The van der Waals surface area contributed by atoms with Crippen LogP contribution < -0.4 is 10.6 Å². The summed E-state index contributed by atoms with van der Waals surface area (Å²) < 4.78 is 19.0. The average molecular weight is 519 g/mol. The van der Waals surface area contributed by atoms with E-state index in [0.29, 0.717) is 30.4 Å². The number of H-pyrrole nitrogens is 1. The third-order valence-corrected chi connectivity index (χ3v) is 6.14. The molecule has 5 rings (SSSR count). The molecule has 37 heavy (non-hydrogen) atoms. The van der Waals surface area contributed by atoms with E-state index < -0.39 is 11.7 Å². The Kier molecular flexibility index (Phi) is 7.53. The second kappa shape index (κ2) is 11.3. The summed E-state index contributed by atoms with van der Waals surface area (Å²) in [6.07, 6.45) is 4.01. The number of aromatic nitrogens is 4. The van der Waals surface area contributed by atoms with Gasteiger partial charge in [0.25, 0.3) is 5.91 Å². The molecule has 2 aromatic carbocycles. The highest BCUT2D eigenvalue weighted by molar-refractivity contribution is 6.33. The van der Waals surface area contributed by atoms with Gasteiger partial charge >= 0.3 is 0 Å². The molecule has 0 spiro atoms. The minimum absolute atomic E-state index is 0.0294. The van der Waals surface area contributed by atoms with Gasteiger partial charge in [-0.15, -0.1) is 0 Å². The zero-order chi connectivity index (χ0) is 25.6. The molecule has 10 heteroatoms. The van der Waals surface area contributed by atoms with Crippen molar-refractivity contribution in [2.24, 2.45) is 0 Å². The van der Waals surface area contributed by atoms with Crippen molar-refractivity contribution in [3.63, 3.8) is 0 Å². The first-order valence-corrected chi connectivity index (χ1v) is 12.2. The predicted octanol–water partition coefficient (Wildman–Crippen LogP) is 4.71. The summed E-state index contributed by atoms with van der Waals surface area (Å²) in [6, 6.07) is 16.6. The smallest absolute Gasteiger partial charge is 0.273 e. The van der Waals surface area contributed by atoms with E-state index in [1.54, 1.807) is 0 Å². The Hall–Kier alpha value is -4.08. The third kappa shape index (κ3) is 6.02. The predicted molar refractivity (Wildman–Crippen MR) is 139 cm³/mol. The Morgan fingerprint density at radius 2 is 1.92 bits per heavy atom. The van der Waals surface area contributed by atoms with E-state index in [2.05, 4.69) is 36.6 Å². The van der Waals surface area contributed by atoms with Crippen LogP contribution in [0.5, 0.6) is 0 Å². The Morgan fingerprint density at radius 1 is 1.05 bits per heavy atom. The van der Waals surface area contributed by atoms with Crippen molar-refractivity contribution in [3.8, 4) is 11.1 Å². The van der Waals surface area contributed by atoms with Gasteiger partial charge in [0.2, 0.25) is 0 Å². The summed E-state index contributed by atoms with van der Waals surface area (Å²) in [5.41, 5.74) is 4.19. The van der Waals surface area contributed by atoms with Gasteiger partial charge in [-0.2, -0.15) is 0 Å². The number of halogens is 2. The molecular formula is C27H24ClFN6O2. The maximum Gasteiger partial charge on any atom is 0.273 e. The largest absolute Gasteiger partial charge is 0.448 e. The van der Waals surface area contributed by atoms with Crippen molar-refractivity contribution in [1.29, 1.82) is 0 Å². The van der Waals surface area contributed by atoms with Gasteiger partial charge in [0.15, 0.2) is 11.6 Å². The number of nitrogens with zero attached hydrogens (tertiary/aromatic N) is 3. The van der Waals surface area contributed by atoms with Crippen LogP contribution in [-0.2, 0) is 19.4 Å². The number of benzene rings is 2. The molecule has 3 aromatic heterocycles. The Labute approximate surface area is 217 Å². The monoisotopic (exact) mass is 518 g/mol. The van der Waals surface area contributed by atoms with Crippen LogP contribution in [0.25, 0.3) is 22.2 Å². The molecule has 1 amide bonds. The molecule has 3 N–H and O–H groups in total. The van der Waals surface area contributed by atoms with E-state index in [9.17, 15) is 9.18 Å². The number of pyridine rings is 1. The van der Waals surface area contributed by atoms with Crippen molar-refractivity contribution in [3.05, 3.63) is 101 Å². The van der Waals surface area contributed by atoms with Gasteiger partial charge in [-0.3, -0.25) is 9.78 Å². The zero-order valence-corrected chi connectivity index (χ0v) is 20.6. The molecular weight excluding hydrogens is 495 g/mol. The first-order valence-electron chi connectivity index (χ1n) is 11.8. The fourth-order valence-corrected chi connectivity index (χ4v) is 4.15. The second-order valence-corrected chi connectivity index (χ2v) is 8.79. The number of imidazole rings is 1. The van der Waals surface area contributed by atoms with E-state index in [1.165, 1.54) is 24.6 Å². The molecule has 0 aliphatic rings. The minimum atomic E-state index is -0.473. The van der Waals surface area contributed by atoms with Gasteiger partial charge in [0.1, 0.15) is 17.9 Å². The van der Waals surface area contributed by atoms with Crippen LogP contribution in [0.15, 0.2) is 71.5 Å². The van der Waals surface area contributed by atoms with Crippen LogP contribution >= 0.6 is 11.6 Å². The first kappa shape index (κ1) is 24.6. The number of hydrogen-bond acceptors (Lipinski definition) is 6. The van der Waals surface area contributed by atoms with Crippen LogP contribution in [0, 0.1) is 5.82 Å². The van der Waals surface area contributed by atoms with Crippen molar-refractivity contribution in [1.82, 2.24) is 30.6 Å². The second-order valence-electron chi connectivity index (χ2n) is 8.39. The molecule has 0 atom stereocenters. The molecule has 0 unspecified atom stereocenters. The molecule has 0 saturated heterocycles. The molecule has 0 radical (unpaired) electrons. The Balaban J connectivity index is 1.07. The number of carbonyl (C=O) groups is 1. The normalized spacial score (nSPS) is 11.2. The molecule has 0 aliphatic carbocycles. The van der Waals surface area contributed by atoms with Gasteiger partial charge < -0.3 is 20.0 Å². The van der Waals surface area contributed by atoms with Crippen molar-refractivity contribution >= 4 is 28.5 Å². The van der Waals surface area contributed by atoms with Crippen molar-refractivity contribution in [2.45, 2.75) is 19.4 Å². The fraction of sp³-hybridized carbons (Fsp3) is 0.185. The van der Waals surface area contributed by atoms with Crippen LogP contribution in [-0.4, -0.2) is 38.9 Å². The molecule has 0 aliphatic heterocycles. The summed E-state index contributed by atoms with van der Waals surface area (Å²) in [6.45, 7) is 1.30. The highest BCUT2D eigenvalue weighted by atomic mass is 35.5. The molecule has 8 nitrogen and oxygen atoms in total. The Morgan fingerprint density at radius 3 is 2.78 bits per heavy atom. The van der Waals surface area contributed by atoms with E-state index in [1.807, 2.05) is 36.4 Å². The summed E-state index contributed by atoms with van der Waals surface area (Å²) in [5, 5.41) is 6.64. The SMILES string of the molecule is O=C(NCc1ncccc1F)c1coc(CCNCCc2nc3ccc(-c4ccccc4Cl)cc3[nH]2)n1. The lowest BCUT2D eigenvalue weighted by Gasteiger charge is -2.03. The van der Waals surface area contributed by atoms with Gasteiger partial charge in [-0.25, -0.2) is 14.4 Å². The lowest BCUT2D eigenvalue weighted by molar-refractivity contribution is 0.0945. The number of amides is 1. The molecule has 0 fully saturated rings. The number of oxazole rings is 1. The highest BCUT2D eigenvalue weighted by Crippen LogP contribution is 2.29. The number of nitrogens with one attached hydrogen (secondary N) is 3.